The molecule has 9 heteroatoms. The van der Waals surface area contributed by atoms with E-state index in [4.69, 9.17) is 25.8 Å². The fraction of sp³-hybridized carbons (Fsp3) is 0.478. The van der Waals surface area contributed by atoms with Crippen LogP contribution in [0.25, 0.3) is 0 Å². The van der Waals surface area contributed by atoms with Crippen molar-refractivity contribution in [2.24, 2.45) is 0 Å². The fourth-order valence-electron chi connectivity index (χ4n) is 4.04. The number of halogens is 2. The number of aliphatic hydroxyl groups is 4. The maximum atomic E-state index is 14.6. The molecule has 4 rings (SSSR count). The molecule has 2 aromatic carbocycles. The first kappa shape index (κ1) is 23.4. The SMILES string of the molecule is OC[C@H]1O[C@@H](c2ccc(Cl)c(Cc3ccc(OC4CCOC4)c(F)c3)c2)[C@H](O)[C@@H](O)[C@@H]1O. The molecule has 0 amide bonds. The zero-order chi connectivity index (χ0) is 22.8. The first-order chi connectivity index (χ1) is 15.4. The van der Waals surface area contributed by atoms with Gasteiger partial charge in [-0.05, 0) is 41.3 Å². The summed E-state index contributed by atoms with van der Waals surface area (Å²) < 4.78 is 31.1. The molecule has 0 aliphatic carbocycles. The summed E-state index contributed by atoms with van der Waals surface area (Å²) >= 11 is 6.35. The molecule has 0 aromatic heterocycles. The van der Waals surface area contributed by atoms with Crippen LogP contribution in [0.2, 0.25) is 5.02 Å². The summed E-state index contributed by atoms with van der Waals surface area (Å²) in [5.74, 6) is -0.305. The zero-order valence-electron chi connectivity index (χ0n) is 17.2. The lowest BCUT2D eigenvalue weighted by molar-refractivity contribution is -0.231. The molecule has 7 nitrogen and oxygen atoms in total. The van der Waals surface area contributed by atoms with E-state index in [1.807, 2.05) is 0 Å². The average Bonchev–Trinajstić information content (AvgIpc) is 3.29. The molecule has 2 heterocycles. The lowest BCUT2D eigenvalue weighted by Crippen LogP contribution is -2.55. The van der Waals surface area contributed by atoms with Gasteiger partial charge in [-0.15, -0.1) is 0 Å². The van der Waals surface area contributed by atoms with Crippen LogP contribution in [-0.4, -0.2) is 70.8 Å². The highest BCUT2D eigenvalue weighted by Gasteiger charge is 2.44. The van der Waals surface area contributed by atoms with Crippen molar-refractivity contribution in [3.63, 3.8) is 0 Å². The highest BCUT2D eigenvalue weighted by Crippen LogP contribution is 2.34. The first-order valence-corrected chi connectivity index (χ1v) is 10.9. The largest absolute Gasteiger partial charge is 0.485 e. The highest BCUT2D eigenvalue weighted by atomic mass is 35.5. The number of hydrogen-bond donors (Lipinski definition) is 4. The van der Waals surface area contributed by atoms with E-state index in [9.17, 15) is 24.8 Å². The van der Waals surface area contributed by atoms with Crippen molar-refractivity contribution < 1.29 is 39.0 Å². The Bertz CT molecular complexity index is 935. The van der Waals surface area contributed by atoms with Gasteiger partial charge in [-0.3, -0.25) is 0 Å². The number of hydrogen-bond acceptors (Lipinski definition) is 7. The second kappa shape index (κ2) is 10.0. The van der Waals surface area contributed by atoms with Crippen molar-refractivity contribution in [2.45, 2.75) is 49.5 Å². The predicted molar refractivity (Wildman–Crippen MR) is 113 cm³/mol. The smallest absolute Gasteiger partial charge is 0.165 e. The van der Waals surface area contributed by atoms with E-state index >= 15 is 0 Å². The minimum atomic E-state index is -1.48. The van der Waals surface area contributed by atoms with E-state index in [1.165, 1.54) is 6.07 Å². The Morgan fingerprint density at radius 1 is 1.06 bits per heavy atom. The van der Waals surface area contributed by atoms with Gasteiger partial charge in [-0.2, -0.15) is 0 Å². The summed E-state index contributed by atoms with van der Waals surface area (Å²) in [4.78, 5) is 0. The van der Waals surface area contributed by atoms with Gasteiger partial charge < -0.3 is 34.6 Å². The van der Waals surface area contributed by atoms with Gasteiger partial charge in [0, 0.05) is 11.4 Å². The fourth-order valence-corrected chi connectivity index (χ4v) is 4.22. The second-order valence-corrected chi connectivity index (χ2v) is 8.55. The molecular weight excluding hydrogens is 443 g/mol. The van der Waals surface area contributed by atoms with Gasteiger partial charge in [0.25, 0.3) is 0 Å². The van der Waals surface area contributed by atoms with Gasteiger partial charge in [0.15, 0.2) is 11.6 Å². The van der Waals surface area contributed by atoms with Crippen LogP contribution in [0, 0.1) is 5.82 Å². The number of rotatable bonds is 6. The van der Waals surface area contributed by atoms with Crippen LogP contribution in [0.1, 0.15) is 29.2 Å². The Balaban J connectivity index is 1.52. The summed E-state index contributed by atoms with van der Waals surface area (Å²) in [5.41, 5.74) is 1.85. The Morgan fingerprint density at radius 3 is 2.56 bits per heavy atom. The van der Waals surface area contributed by atoms with Gasteiger partial charge in [-0.25, -0.2) is 4.39 Å². The molecule has 0 bridgehead atoms. The Morgan fingerprint density at radius 2 is 1.88 bits per heavy atom. The highest BCUT2D eigenvalue weighted by molar-refractivity contribution is 6.31. The van der Waals surface area contributed by atoms with Crippen molar-refractivity contribution in [1.29, 1.82) is 0 Å². The van der Waals surface area contributed by atoms with E-state index in [0.717, 1.165) is 6.42 Å². The Hall–Kier alpha value is -1.78. The minimum Gasteiger partial charge on any atom is -0.485 e. The number of benzene rings is 2. The van der Waals surface area contributed by atoms with Crippen molar-refractivity contribution in [3.8, 4) is 5.75 Å². The monoisotopic (exact) mass is 468 g/mol. The molecule has 32 heavy (non-hydrogen) atoms. The maximum absolute atomic E-state index is 14.6. The molecule has 2 aliphatic rings. The van der Waals surface area contributed by atoms with Crippen molar-refractivity contribution in [3.05, 3.63) is 63.9 Å². The van der Waals surface area contributed by atoms with Crippen LogP contribution in [0.5, 0.6) is 5.75 Å². The Kier molecular flexibility index (Phi) is 7.31. The van der Waals surface area contributed by atoms with Gasteiger partial charge in [0.1, 0.15) is 36.6 Å². The lowest BCUT2D eigenvalue weighted by atomic mass is 9.90. The van der Waals surface area contributed by atoms with Crippen molar-refractivity contribution >= 4 is 11.6 Å². The molecule has 0 saturated carbocycles. The lowest BCUT2D eigenvalue weighted by Gasteiger charge is -2.40. The summed E-state index contributed by atoms with van der Waals surface area (Å²) in [6, 6.07) is 9.69. The summed E-state index contributed by atoms with van der Waals surface area (Å²) in [7, 11) is 0. The molecule has 1 unspecified atom stereocenters. The average molecular weight is 469 g/mol. The van der Waals surface area contributed by atoms with E-state index in [1.54, 1.807) is 30.3 Å². The van der Waals surface area contributed by atoms with Crippen LogP contribution >= 0.6 is 11.6 Å². The molecule has 6 atom stereocenters. The predicted octanol–water partition coefficient (Wildman–Crippen LogP) is 1.75. The molecule has 174 valence electrons. The van der Waals surface area contributed by atoms with E-state index in [2.05, 4.69) is 0 Å². The van der Waals surface area contributed by atoms with E-state index in [0.29, 0.717) is 41.3 Å². The molecule has 2 aromatic rings. The van der Waals surface area contributed by atoms with Crippen LogP contribution in [0.15, 0.2) is 36.4 Å². The standard InChI is InChI=1S/C23H26ClFO7/c24-16-3-2-13(23-22(29)21(28)20(27)19(10-26)32-23)9-14(16)7-12-1-4-18(17(25)8-12)31-15-5-6-30-11-15/h1-4,8-9,15,19-23,26-29H,5-7,10-11H2/t15?,19-,20-,21+,22-,23+/m1/s1. The summed E-state index contributed by atoms with van der Waals surface area (Å²) in [6.45, 7) is 0.539. The molecule has 0 radical (unpaired) electrons. The van der Waals surface area contributed by atoms with Crippen molar-refractivity contribution in [1.82, 2.24) is 0 Å². The van der Waals surface area contributed by atoms with Crippen LogP contribution in [0.4, 0.5) is 4.39 Å². The van der Waals surface area contributed by atoms with Gasteiger partial charge in [-0.1, -0.05) is 29.8 Å². The zero-order valence-corrected chi connectivity index (χ0v) is 18.0. The first-order valence-electron chi connectivity index (χ1n) is 10.5. The minimum absolute atomic E-state index is 0.153. The molecule has 0 spiro atoms. The molecule has 2 fully saturated rings. The molecule has 4 N–H and O–H groups in total. The molecule has 2 saturated heterocycles. The van der Waals surface area contributed by atoms with Crippen LogP contribution in [-0.2, 0) is 15.9 Å². The third-order valence-corrected chi connectivity index (χ3v) is 6.23. The van der Waals surface area contributed by atoms with Crippen molar-refractivity contribution in [2.75, 3.05) is 19.8 Å². The Labute approximate surface area is 189 Å². The van der Waals surface area contributed by atoms with Crippen LogP contribution in [0.3, 0.4) is 0 Å². The molecule has 2 aliphatic heterocycles. The van der Waals surface area contributed by atoms with E-state index in [-0.39, 0.29) is 11.9 Å². The third kappa shape index (κ3) is 4.92. The van der Waals surface area contributed by atoms with Crippen LogP contribution < -0.4 is 4.74 Å². The van der Waals surface area contributed by atoms with Gasteiger partial charge in [0.2, 0.25) is 0 Å². The maximum Gasteiger partial charge on any atom is 0.165 e. The summed E-state index contributed by atoms with van der Waals surface area (Å²) in [5, 5.41) is 40.3. The third-order valence-electron chi connectivity index (χ3n) is 5.86. The molecular formula is C23H26ClFO7. The van der Waals surface area contributed by atoms with E-state index < -0.39 is 42.9 Å². The second-order valence-electron chi connectivity index (χ2n) is 8.15. The summed E-state index contributed by atoms with van der Waals surface area (Å²) in [6.07, 6.45) is -5.40. The normalized spacial score (nSPS) is 30.4. The quantitative estimate of drug-likeness (QED) is 0.511. The van der Waals surface area contributed by atoms with Gasteiger partial charge in [0.05, 0.1) is 19.8 Å². The number of ether oxygens (including phenoxy) is 3. The van der Waals surface area contributed by atoms with Gasteiger partial charge >= 0.3 is 0 Å². The number of aliphatic hydroxyl groups excluding tert-OH is 4. The topological polar surface area (TPSA) is 109 Å².